The van der Waals surface area contributed by atoms with Crippen LogP contribution < -0.4 is 5.56 Å². The Labute approximate surface area is 160 Å². The molecule has 0 spiro atoms. The second-order valence-electron chi connectivity index (χ2n) is 5.34. The molecule has 0 amide bonds. The standard InChI is InChI=1S/C17H11FN4OS3/c18-10-5-7-11(8-6-10)22-17(24)26-16(21-22)25-9-14-19-13-4-2-1-3-12(13)15(23)20-14/h1-8H,9H2,(H,19,20,23). The average Bonchev–Trinajstić information content (AvgIpc) is 3.01. The molecule has 0 bridgehead atoms. The van der Waals surface area contributed by atoms with Gasteiger partial charge in [-0.1, -0.05) is 35.2 Å². The lowest BCUT2D eigenvalue weighted by molar-refractivity contribution is 0.627. The lowest BCUT2D eigenvalue weighted by Crippen LogP contribution is -2.11. The van der Waals surface area contributed by atoms with Gasteiger partial charge in [0.2, 0.25) is 0 Å². The summed E-state index contributed by atoms with van der Waals surface area (Å²) in [5.41, 5.74) is 1.21. The number of thioether (sulfide) groups is 1. The Morgan fingerprint density at radius 1 is 1.19 bits per heavy atom. The number of rotatable bonds is 4. The Kier molecular flexibility index (Phi) is 4.66. The molecule has 26 heavy (non-hydrogen) atoms. The molecule has 0 aliphatic rings. The number of hydrogen-bond donors (Lipinski definition) is 1. The number of nitrogens with zero attached hydrogens (tertiary/aromatic N) is 3. The van der Waals surface area contributed by atoms with E-state index in [1.165, 1.54) is 35.2 Å². The summed E-state index contributed by atoms with van der Waals surface area (Å²) >= 11 is 8.13. The highest BCUT2D eigenvalue weighted by molar-refractivity contribution is 8.00. The lowest BCUT2D eigenvalue weighted by Gasteiger charge is -2.02. The van der Waals surface area contributed by atoms with Crippen LogP contribution in [0.5, 0.6) is 0 Å². The first-order valence-corrected chi connectivity index (χ1v) is 9.78. The van der Waals surface area contributed by atoms with Crippen molar-refractivity contribution in [1.29, 1.82) is 0 Å². The minimum absolute atomic E-state index is 0.157. The topological polar surface area (TPSA) is 63.6 Å². The van der Waals surface area contributed by atoms with Crippen LogP contribution in [-0.4, -0.2) is 19.7 Å². The fourth-order valence-corrected chi connectivity index (χ4v) is 4.63. The molecule has 9 heteroatoms. The van der Waals surface area contributed by atoms with E-state index < -0.39 is 0 Å². The van der Waals surface area contributed by atoms with Crippen LogP contribution in [0.4, 0.5) is 4.39 Å². The SMILES string of the molecule is O=c1[nH]c(CSc2nn(-c3ccc(F)cc3)c(=S)s2)nc2ccccc12. The first-order chi connectivity index (χ1) is 12.6. The summed E-state index contributed by atoms with van der Waals surface area (Å²) in [6, 6.07) is 13.2. The zero-order valence-corrected chi connectivity index (χ0v) is 15.6. The zero-order chi connectivity index (χ0) is 18.1. The maximum Gasteiger partial charge on any atom is 0.258 e. The van der Waals surface area contributed by atoms with Gasteiger partial charge in [-0.15, -0.1) is 5.10 Å². The van der Waals surface area contributed by atoms with Crippen LogP contribution in [0.2, 0.25) is 0 Å². The molecular formula is C17H11FN4OS3. The number of aromatic amines is 1. The van der Waals surface area contributed by atoms with Crippen molar-refractivity contribution in [3.8, 4) is 5.69 Å². The monoisotopic (exact) mass is 402 g/mol. The molecular weight excluding hydrogens is 391 g/mol. The number of H-pyrrole nitrogens is 1. The van der Waals surface area contributed by atoms with Crippen LogP contribution in [0, 0.1) is 9.77 Å². The number of aromatic nitrogens is 4. The van der Waals surface area contributed by atoms with E-state index in [1.807, 2.05) is 18.2 Å². The second kappa shape index (κ2) is 7.10. The summed E-state index contributed by atoms with van der Waals surface area (Å²) in [6.45, 7) is 0. The smallest absolute Gasteiger partial charge is 0.258 e. The molecule has 0 saturated carbocycles. The van der Waals surface area contributed by atoms with Gasteiger partial charge in [-0.05, 0) is 48.6 Å². The molecule has 2 heterocycles. The van der Waals surface area contributed by atoms with Gasteiger partial charge in [0.15, 0.2) is 8.29 Å². The fraction of sp³-hybridized carbons (Fsp3) is 0.0588. The van der Waals surface area contributed by atoms with Gasteiger partial charge in [0.05, 0.1) is 22.3 Å². The van der Waals surface area contributed by atoms with E-state index in [1.54, 1.807) is 22.9 Å². The third kappa shape index (κ3) is 3.46. The third-order valence-electron chi connectivity index (χ3n) is 3.59. The van der Waals surface area contributed by atoms with Crippen LogP contribution in [0.3, 0.4) is 0 Å². The average molecular weight is 403 g/mol. The summed E-state index contributed by atoms with van der Waals surface area (Å²) in [7, 11) is 0. The van der Waals surface area contributed by atoms with E-state index >= 15 is 0 Å². The minimum Gasteiger partial charge on any atom is -0.309 e. The predicted molar refractivity (Wildman–Crippen MR) is 104 cm³/mol. The number of halogens is 1. The van der Waals surface area contributed by atoms with Gasteiger partial charge in [-0.3, -0.25) is 4.79 Å². The molecule has 0 radical (unpaired) electrons. The number of fused-ring (bicyclic) bond motifs is 1. The molecule has 2 aromatic heterocycles. The maximum atomic E-state index is 13.1. The van der Waals surface area contributed by atoms with E-state index in [0.717, 1.165) is 4.34 Å². The molecule has 0 fully saturated rings. The molecule has 1 N–H and O–H groups in total. The molecule has 0 aliphatic heterocycles. The van der Waals surface area contributed by atoms with Crippen molar-refractivity contribution in [3.63, 3.8) is 0 Å². The van der Waals surface area contributed by atoms with Gasteiger partial charge in [-0.25, -0.2) is 14.1 Å². The molecule has 4 rings (SSSR count). The molecule has 0 unspecified atom stereocenters. The first kappa shape index (κ1) is 17.1. The van der Waals surface area contributed by atoms with Crippen molar-refractivity contribution in [1.82, 2.24) is 19.7 Å². The molecule has 0 saturated heterocycles. The highest BCUT2D eigenvalue weighted by atomic mass is 32.2. The van der Waals surface area contributed by atoms with Crippen LogP contribution >= 0.6 is 35.3 Å². The zero-order valence-electron chi connectivity index (χ0n) is 13.2. The van der Waals surface area contributed by atoms with Crippen LogP contribution in [0.15, 0.2) is 57.7 Å². The van der Waals surface area contributed by atoms with E-state index in [9.17, 15) is 9.18 Å². The fourth-order valence-electron chi connectivity index (χ4n) is 2.40. The van der Waals surface area contributed by atoms with Crippen molar-refractivity contribution in [3.05, 3.63) is 74.5 Å². The summed E-state index contributed by atoms with van der Waals surface area (Å²) in [5.74, 6) is 0.732. The molecule has 0 atom stereocenters. The molecule has 2 aromatic carbocycles. The van der Waals surface area contributed by atoms with E-state index in [2.05, 4.69) is 15.1 Å². The maximum absolute atomic E-state index is 13.1. The normalized spacial score (nSPS) is 11.1. The molecule has 5 nitrogen and oxygen atoms in total. The third-order valence-corrected chi connectivity index (χ3v) is 5.97. The number of para-hydroxylation sites is 1. The summed E-state index contributed by atoms with van der Waals surface area (Å²) in [4.78, 5) is 19.4. The van der Waals surface area contributed by atoms with Gasteiger partial charge >= 0.3 is 0 Å². The van der Waals surface area contributed by atoms with Crippen LogP contribution in [-0.2, 0) is 5.75 Å². The van der Waals surface area contributed by atoms with Crippen LogP contribution in [0.25, 0.3) is 16.6 Å². The Morgan fingerprint density at radius 3 is 2.77 bits per heavy atom. The molecule has 0 aliphatic carbocycles. The Balaban J connectivity index is 1.57. The predicted octanol–water partition coefficient (Wildman–Crippen LogP) is 4.33. The quantitative estimate of drug-likeness (QED) is 0.407. The highest BCUT2D eigenvalue weighted by Gasteiger charge is 2.09. The van der Waals surface area contributed by atoms with Gasteiger partial charge in [0, 0.05) is 0 Å². The van der Waals surface area contributed by atoms with E-state index in [0.29, 0.717) is 32.1 Å². The Morgan fingerprint density at radius 2 is 1.96 bits per heavy atom. The summed E-state index contributed by atoms with van der Waals surface area (Å²) in [6.07, 6.45) is 0. The van der Waals surface area contributed by atoms with E-state index in [-0.39, 0.29) is 11.4 Å². The van der Waals surface area contributed by atoms with Crippen LogP contribution in [0.1, 0.15) is 5.82 Å². The molecule has 4 aromatic rings. The van der Waals surface area contributed by atoms with Gasteiger partial charge < -0.3 is 4.98 Å². The van der Waals surface area contributed by atoms with Crippen molar-refractivity contribution < 1.29 is 4.39 Å². The second-order valence-corrected chi connectivity index (χ2v) is 8.19. The minimum atomic E-state index is -0.309. The first-order valence-electron chi connectivity index (χ1n) is 7.57. The van der Waals surface area contributed by atoms with Crippen molar-refractivity contribution in [2.24, 2.45) is 0 Å². The number of nitrogens with one attached hydrogen (secondary N) is 1. The van der Waals surface area contributed by atoms with Gasteiger partial charge in [0.1, 0.15) is 11.6 Å². The van der Waals surface area contributed by atoms with Crippen molar-refractivity contribution in [2.75, 3.05) is 0 Å². The van der Waals surface area contributed by atoms with Gasteiger partial charge in [-0.2, -0.15) is 0 Å². The van der Waals surface area contributed by atoms with Gasteiger partial charge in [0.25, 0.3) is 5.56 Å². The lowest BCUT2D eigenvalue weighted by atomic mass is 10.2. The Hall–Kier alpha value is -2.36. The largest absolute Gasteiger partial charge is 0.309 e. The summed E-state index contributed by atoms with van der Waals surface area (Å²) in [5, 5.41) is 5.03. The van der Waals surface area contributed by atoms with Crippen molar-refractivity contribution in [2.45, 2.75) is 10.1 Å². The van der Waals surface area contributed by atoms with E-state index in [4.69, 9.17) is 12.2 Å². The number of hydrogen-bond acceptors (Lipinski definition) is 6. The van der Waals surface area contributed by atoms with Crippen molar-refractivity contribution >= 4 is 46.2 Å². The Bertz CT molecular complexity index is 1200. The molecule has 130 valence electrons. The number of benzene rings is 2. The highest BCUT2D eigenvalue weighted by Crippen LogP contribution is 2.26. The summed E-state index contributed by atoms with van der Waals surface area (Å²) < 4.78 is 16.0.